The van der Waals surface area contributed by atoms with Crippen molar-refractivity contribution >= 4 is 41.3 Å². The number of Topliss-reactive ketones (excluding diaryl/α,β-unsaturated/α-hetero) is 1. The summed E-state index contributed by atoms with van der Waals surface area (Å²) in [6.07, 6.45) is 10.4. The molecule has 0 aromatic carbocycles. The first kappa shape index (κ1) is 32.6. The Kier molecular flexibility index (Phi) is 9.60. The molecule has 0 radical (unpaired) electrons. The summed E-state index contributed by atoms with van der Waals surface area (Å²) in [4.78, 5) is 67.4. The van der Waals surface area contributed by atoms with E-state index in [1.807, 2.05) is 20.8 Å². The molecule has 1 saturated heterocycles. The highest BCUT2D eigenvalue weighted by atomic mass is 32.2. The zero-order valence-corrected chi connectivity index (χ0v) is 27.0. The molecule has 4 fully saturated rings. The number of amides is 5. The van der Waals surface area contributed by atoms with Crippen LogP contribution in [-0.4, -0.2) is 76.7 Å². The third kappa shape index (κ3) is 7.08. The second-order valence-electron chi connectivity index (χ2n) is 14.8. The lowest BCUT2D eigenvalue weighted by Gasteiger charge is -2.41. The molecule has 4 aliphatic rings. The molecule has 0 bridgehead atoms. The minimum absolute atomic E-state index is 0.0711. The highest BCUT2D eigenvalue weighted by Gasteiger charge is 2.70. The quantitative estimate of drug-likeness (QED) is 0.251. The summed E-state index contributed by atoms with van der Waals surface area (Å²) >= 11 is 1.76. The van der Waals surface area contributed by atoms with Crippen LogP contribution in [0.25, 0.3) is 0 Å². The number of carbonyl (C=O) groups is 5. The zero-order valence-electron chi connectivity index (χ0n) is 26.2. The number of hydrogen-bond acceptors (Lipinski definition) is 6. The van der Waals surface area contributed by atoms with Crippen LogP contribution in [0.15, 0.2) is 0 Å². The molecule has 3 aliphatic carbocycles. The number of fused-ring (bicyclic) bond motifs is 1. The van der Waals surface area contributed by atoms with Gasteiger partial charge in [-0.25, -0.2) is 4.79 Å². The van der Waals surface area contributed by atoms with Crippen LogP contribution in [0.2, 0.25) is 0 Å². The fourth-order valence-corrected chi connectivity index (χ4v) is 7.94. The molecule has 5 N–H and O–H groups in total. The Morgan fingerprint density at radius 2 is 1.67 bits per heavy atom. The Labute approximate surface area is 254 Å². The highest BCUT2D eigenvalue weighted by molar-refractivity contribution is 7.98. The lowest BCUT2D eigenvalue weighted by Crippen LogP contribution is -2.63. The van der Waals surface area contributed by atoms with E-state index >= 15 is 0 Å². The Balaban J connectivity index is 1.52. The minimum Gasteiger partial charge on any atom is -0.363 e. The normalized spacial score (nSPS) is 27.3. The summed E-state index contributed by atoms with van der Waals surface area (Å²) in [5, 5.41) is 9.07. The first-order chi connectivity index (χ1) is 19.6. The van der Waals surface area contributed by atoms with E-state index in [9.17, 15) is 24.0 Å². The lowest BCUT2D eigenvalue weighted by molar-refractivity contribution is -0.145. The SMILES string of the molecule is CSCCC1(NC(=O)N[C@H](C(=O)N2CC3C(C2C(=O)NC(CC2CC2)C(=O)C(N)=O)C3(C)C)C(C)(C)C)CCCCC1. The van der Waals surface area contributed by atoms with Gasteiger partial charge in [0.25, 0.3) is 5.91 Å². The molecule has 5 atom stereocenters. The maximum absolute atomic E-state index is 14.2. The number of nitrogens with zero attached hydrogens (tertiary/aromatic N) is 1. The zero-order chi connectivity index (χ0) is 31.0. The van der Waals surface area contributed by atoms with E-state index < -0.39 is 41.1 Å². The molecule has 1 heterocycles. The van der Waals surface area contributed by atoms with E-state index in [2.05, 4.69) is 36.1 Å². The molecule has 42 heavy (non-hydrogen) atoms. The van der Waals surface area contributed by atoms with Crippen molar-refractivity contribution in [1.29, 1.82) is 0 Å². The van der Waals surface area contributed by atoms with Crippen molar-refractivity contribution in [1.82, 2.24) is 20.9 Å². The lowest BCUT2D eigenvalue weighted by atomic mass is 9.79. The standard InChI is InChI=1S/C31H51N5O5S/c1-29(2,3)24(34-28(41)35-31(14-15-42-6)12-8-7-9-13-31)27(40)36-17-19-21(30(19,4)5)22(36)26(39)33-20(16-18-10-11-18)23(37)25(32)38/h18-22,24H,7-17H2,1-6H3,(H2,32,38)(H,33,39)(H2,34,35,41)/t19?,20?,21?,22?,24-/m1/s1. The molecule has 4 rings (SSSR count). The number of nitrogens with one attached hydrogen (secondary N) is 3. The molecule has 3 saturated carbocycles. The molecule has 1 aliphatic heterocycles. The van der Waals surface area contributed by atoms with Gasteiger partial charge in [0.15, 0.2) is 0 Å². The molecule has 4 unspecified atom stereocenters. The van der Waals surface area contributed by atoms with Gasteiger partial charge in [-0.05, 0) is 66.3 Å². The second-order valence-corrected chi connectivity index (χ2v) is 15.8. The van der Waals surface area contributed by atoms with Crippen molar-refractivity contribution < 1.29 is 24.0 Å². The van der Waals surface area contributed by atoms with Crippen molar-refractivity contribution in [2.45, 2.75) is 116 Å². The van der Waals surface area contributed by atoms with Gasteiger partial charge in [0.2, 0.25) is 17.6 Å². The topological polar surface area (TPSA) is 151 Å². The molecule has 0 aromatic heterocycles. The van der Waals surface area contributed by atoms with Gasteiger partial charge in [-0.1, -0.05) is 66.7 Å². The van der Waals surface area contributed by atoms with E-state index in [1.54, 1.807) is 16.7 Å². The van der Waals surface area contributed by atoms with Gasteiger partial charge in [0.1, 0.15) is 12.1 Å². The number of ketones is 1. The number of likely N-dealkylation sites (tertiary alicyclic amines) is 1. The Morgan fingerprint density at radius 3 is 2.21 bits per heavy atom. The van der Waals surface area contributed by atoms with Gasteiger partial charge in [-0.3, -0.25) is 19.2 Å². The van der Waals surface area contributed by atoms with Gasteiger partial charge in [0.05, 0.1) is 6.04 Å². The Hall–Kier alpha value is -2.30. The van der Waals surface area contributed by atoms with Crippen molar-refractivity contribution in [3.8, 4) is 0 Å². The molecule has 0 spiro atoms. The van der Waals surface area contributed by atoms with Crippen LogP contribution in [0, 0.1) is 28.6 Å². The van der Waals surface area contributed by atoms with Gasteiger partial charge >= 0.3 is 6.03 Å². The van der Waals surface area contributed by atoms with Gasteiger partial charge in [0, 0.05) is 12.1 Å². The molecule has 5 amide bonds. The Bertz CT molecular complexity index is 1080. The number of piperidine rings is 1. The smallest absolute Gasteiger partial charge is 0.315 e. The molecular formula is C31H51N5O5S. The summed E-state index contributed by atoms with van der Waals surface area (Å²) in [6, 6.07) is -2.99. The number of nitrogens with two attached hydrogens (primary N) is 1. The van der Waals surface area contributed by atoms with Gasteiger partial charge in [-0.15, -0.1) is 0 Å². The third-order valence-corrected chi connectivity index (χ3v) is 10.9. The van der Waals surface area contributed by atoms with Crippen molar-refractivity contribution in [2.75, 3.05) is 18.6 Å². The molecular weight excluding hydrogens is 554 g/mol. The maximum Gasteiger partial charge on any atom is 0.315 e. The predicted molar refractivity (Wildman–Crippen MR) is 163 cm³/mol. The van der Waals surface area contributed by atoms with E-state index in [0.29, 0.717) is 13.0 Å². The van der Waals surface area contributed by atoms with Crippen LogP contribution in [0.4, 0.5) is 4.79 Å². The second kappa shape index (κ2) is 12.4. The number of urea groups is 1. The van der Waals surface area contributed by atoms with Crippen molar-refractivity contribution in [3.63, 3.8) is 0 Å². The van der Waals surface area contributed by atoms with Crippen molar-refractivity contribution in [3.05, 3.63) is 0 Å². The fraction of sp³-hybridized carbons (Fsp3) is 0.839. The number of hydrogen-bond donors (Lipinski definition) is 4. The van der Waals surface area contributed by atoms with Crippen LogP contribution in [0.5, 0.6) is 0 Å². The largest absolute Gasteiger partial charge is 0.363 e. The third-order valence-electron chi connectivity index (χ3n) is 10.3. The Morgan fingerprint density at radius 1 is 1.02 bits per heavy atom. The minimum atomic E-state index is -1.07. The maximum atomic E-state index is 14.2. The molecule has 0 aromatic rings. The molecule has 10 nitrogen and oxygen atoms in total. The van der Waals surface area contributed by atoms with Crippen LogP contribution in [0.3, 0.4) is 0 Å². The highest BCUT2D eigenvalue weighted by Crippen LogP contribution is 2.65. The summed E-state index contributed by atoms with van der Waals surface area (Å²) in [7, 11) is 0. The predicted octanol–water partition coefficient (Wildman–Crippen LogP) is 2.98. The van der Waals surface area contributed by atoms with Gasteiger partial charge < -0.3 is 26.6 Å². The summed E-state index contributed by atoms with van der Waals surface area (Å²) < 4.78 is 0. The van der Waals surface area contributed by atoms with Crippen LogP contribution in [0.1, 0.15) is 92.4 Å². The average molecular weight is 606 g/mol. The summed E-state index contributed by atoms with van der Waals surface area (Å²) in [5.41, 5.74) is 4.27. The van der Waals surface area contributed by atoms with E-state index in [-0.39, 0.29) is 40.6 Å². The number of primary amides is 1. The number of carbonyl (C=O) groups excluding carboxylic acids is 5. The van der Waals surface area contributed by atoms with Crippen LogP contribution < -0.4 is 21.7 Å². The summed E-state index contributed by atoms with van der Waals surface area (Å²) in [6.45, 7) is 10.3. The summed E-state index contributed by atoms with van der Waals surface area (Å²) in [5.74, 6) is -1.31. The number of rotatable bonds is 12. The fourth-order valence-electron chi connectivity index (χ4n) is 7.35. The van der Waals surface area contributed by atoms with Crippen molar-refractivity contribution in [2.24, 2.45) is 34.3 Å². The average Bonchev–Trinajstić information content (AvgIpc) is 3.76. The van der Waals surface area contributed by atoms with Crippen LogP contribution in [-0.2, 0) is 19.2 Å². The molecule has 11 heteroatoms. The van der Waals surface area contributed by atoms with E-state index in [4.69, 9.17) is 5.73 Å². The van der Waals surface area contributed by atoms with Gasteiger partial charge in [-0.2, -0.15) is 11.8 Å². The molecule has 236 valence electrons. The number of thioether (sulfide) groups is 1. The first-order valence-corrected chi connectivity index (χ1v) is 17.0. The first-order valence-electron chi connectivity index (χ1n) is 15.6. The van der Waals surface area contributed by atoms with Crippen LogP contribution >= 0.6 is 11.8 Å². The monoisotopic (exact) mass is 605 g/mol. The van der Waals surface area contributed by atoms with E-state index in [0.717, 1.165) is 57.1 Å². The van der Waals surface area contributed by atoms with E-state index in [1.165, 1.54) is 0 Å².